The molecule has 1 N–H and O–H groups in total. The lowest BCUT2D eigenvalue weighted by Crippen LogP contribution is -2.30. The summed E-state index contributed by atoms with van der Waals surface area (Å²) in [7, 11) is 0. The smallest absolute Gasteiger partial charge is 0.338 e. The molecule has 0 aliphatic carbocycles. The molecule has 0 fully saturated rings. The molecule has 2 aromatic rings. The molecule has 0 saturated heterocycles. The van der Waals surface area contributed by atoms with Crippen molar-refractivity contribution in [3.8, 4) is 0 Å². The first-order valence-electron chi connectivity index (χ1n) is 8.78. The van der Waals surface area contributed by atoms with Crippen LogP contribution >= 0.6 is 0 Å². The number of ether oxygens (including phenoxy) is 1. The van der Waals surface area contributed by atoms with Crippen LogP contribution in [0.15, 0.2) is 42.5 Å². The highest BCUT2D eigenvalue weighted by Gasteiger charge is 2.20. The number of carbonyl (C=O) groups is 2. The van der Waals surface area contributed by atoms with Crippen molar-refractivity contribution in [2.24, 2.45) is 0 Å². The fraction of sp³-hybridized carbons (Fsp3) is 0.364. The molecule has 2 rings (SSSR count). The van der Waals surface area contributed by atoms with Crippen LogP contribution in [0.5, 0.6) is 0 Å². The third-order valence-corrected chi connectivity index (χ3v) is 4.50. The summed E-state index contributed by atoms with van der Waals surface area (Å²) >= 11 is 0. The standard InChI is InChI=1S/C22H27NO3/c1-14-8-7-9-19(15(14)2)23-20(24)16(3)26-21(25)17-10-12-18(13-11-17)22(4,5)6/h7-13,16H,1-6H3,(H,23,24)/t16-/m1/s1. The van der Waals surface area contributed by atoms with Gasteiger partial charge in [0.15, 0.2) is 6.10 Å². The molecule has 1 amide bonds. The maximum absolute atomic E-state index is 12.3. The SMILES string of the molecule is Cc1cccc(NC(=O)[C@@H](C)OC(=O)c2ccc(C(C)(C)C)cc2)c1C. The van der Waals surface area contributed by atoms with Gasteiger partial charge in [-0.2, -0.15) is 0 Å². The second-order valence-electron chi connectivity index (χ2n) is 7.61. The quantitative estimate of drug-likeness (QED) is 0.805. The Labute approximate surface area is 155 Å². The highest BCUT2D eigenvalue weighted by molar-refractivity contribution is 5.97. The summed E-state index contributed by atoms with van der Waals surface area (Å²) in [5.74, 6) is -0.854. The molecule has 0 unspecified atom stereocenters. The van der Waals surface area contributed by atoms with Gasteiger partial charge in [-0.05, 0) is 61.1 Å². The summed E-state index contributed by atoms with van der Waals surface area (Å²) in [4.78, 5) is 24.6. The summed E-state index contributed by atoms with van der Waals surface area (Å²) in [5, 5.41) is 2.82. The molecule has 26 heavy (non-hydrogen) atoms. The second kappa shape index (κ2) is 7.73. The van der Waals surface area contributed by atoms with E-state index in [0.717, 1.165) is 22.4 Å². The maximum atomic E-state index is 12.3. The van der Waals surface area contributed by atoms with E-state index in [9.17, 15) is 9.59 Å². The molecule has 0 heterocycles. The van der Waals surface area contributed by atoms with Crippen molar-refractivity contribution in [2.45, 2.75) is 53.1 Å². The number of rotatable bonds is 4. The van der Waals surface area contributed by atoms with Gasteiger partial charge in [0.1, 0.15) is 0 Å². The van der Waals surface area contributed by atoms with Crippen LogP contribution in [-0.2, 0) is 14.9 Å². The topological polar surface area (TPSA) is 55.4 Å². The first-order chi connectivity index (χ1) is 12.1. The molecule has 1 atom stereocenters. The van der Waals surface area contributed by atoms with Crippen molar-refractivity contribution in [1.82, 2.24) is 0 Å². The lowest BCUT2D eigenvalue weighted by atomic mass is 9.87. The van der Waals surface area contributed by atoms with Crippen molar-refractivity contribution in [2.75, 3.05) is 5.32 Å². The fourth-order valence-corrected chi connectivity index (χ4v) is 2.51. The fourth-order valence-electron chi connectivity index (χ4n) is 2.51. The number of amides is 1. The number of carbonyl (C=O) groups excluding carboxylic acids is 2. The van der Waals surface area contributed by atoms with Crippen molar-refractivity contribution in [3.05, 3.63) is 64.7 Å². The zero-order valence-electron chi connectivity index (χ0n) is 16.3. The minimum Gasteiger partial charge on any atom is -0.449 e. The summed E-state index contributed by atoms with van der Waals surface area (Å²) in [6.45, 7) is 11.8. The van der Waals surface area contributed by atoms with Gasteiger partial charge < -0.3 is 10.1 Å². The molecular weight excluding hydrogens is 326 g/mol. The van der Waals surface area contributed by atoms with Gasteiger partial charge in [-0.3, -0.25) is 4.79 Å². The first kappa shape index (κ1) is 19.7. The highest BCUT2D eigenvalue weighted by atomic mass is 16.5. The number of hydrogen-bond acceptors (Lipinski definition) is 3. The number of nitrogens with one attached hydrogen (secondary N) is 1. The van der Waals surface area contributed by atoms with Crippen molar-refractivity contribution in [3.63, 3.8) is 0 Å². The molecular formula is C22H27NO3. The van der Waals surface area contributed by atoms with Crippen LogP contribution in [0.25, 0.3) is 0 Å². The normalized spacial score (nSPS) is 12.4. The second-order valence-corrected chi connectivity index (χ2v) is 7.61. The van der Waals surface area contributed by atoms with E-state index in [2.05, 4.69) is 26.1 Å². The van der Waals surface area contributed by atoms with E-state index in [1.807, 2.05) is 44.2 Å². The molecule has 2 aromatic carbocycles. The van der Waals surface area contributed by atoms with Crippen LogP contribution in [0.3, 0.4) is 0 Å². The van der Waals surface area contributed by atoms with Gasteiger partial charge in [0.25, 0.3) is 5.91 Å². The molecule has 0 aromatic heterocycles. The van der Waals surface area contributed by atoms with Gasteiger partial charge in [-0.25, -0.2) is 4.79 Å². The average Bonchev–Trinajstić information content (AvgIpc) is 2.58. The predicted molar refractivity (Wildman–Crippen MR) is 105 cm³/mol. The largest absolute Gasteiger partial charge is 0.449 e. The Morgan fingerprint density at radius 1 is 1.00 bits per heavy atom. The monoisotopic (exact) mass is 353 g/mol. The van der Waals surface area contributed by atoms with Crippen LogP contribution in [0.1, 0.15) is 54.7 Å². The van der Waals surface area contributed by atoms with Gasteiger partial charge in [0.05, 0.1) is 5.56 Å². The number of hydrogen-bond donors (Lipinski definition) is 1. The Kier molecular flexibility index (Phi) is 5.86. The molecule has 138 valence electrons. The van der Waals surface area contributed by atoms with Crippen molar-refractivity contribution < 1.29 is 14.3 Å². The zero-order chi connectivity index (χ0) is 19.5. The third kappa shape index (κ3) is 4.72. The Bertz CT molecular complexity index is 801. The summed E-state index contributed by atoms with van der Waals surface area (Å²) in [5.41, 5.74) is 4.40. The van der Waals surface area contributed by atoms with Gasteiger partial charge in [-0.15, -0.1) is 0 Å². The van der Waals surface area contributed by atoms with E-state index in [1.165, 1.54) is 0 Å². The number of anilines is 1. The summed E-state index contributed by atoms with van der Waals surface area (Å²) in [6.07, 6.45) is -0.885. The van der Waals surface area contributed by atoms with Crippen molar-refractivity contribution in [1.29, 1.82) is 0 Å². The van der Waals surface area contributed by atoms with E-state index in [1.54, 1.807) is 19.1 Å². The van der Waals surface area contributed by atoms with Crippen LogP contribution < -0.4 is 5.32 Å². The van der Waals surface area contributed by atoms with E-state index < -0.39 is 12.1 Å². The van der Waals surface area contributed by atoms with E-state index in [-0.39, 0.29) is 11.3 Å². The Balaban J connectivity index is 2.02. The van der Waals surface area contributed by atoms with Gasteiger partial charge >= 0.3 is 5.97 Å². The third-order valence-electron chi connectivity index (χ3n) is 4.50. The Hall–Kier alpha value is -2.62. The number of aryl methyl sites for hydroxylation is 1. The first-order valence-corrected chi connectivity index (χ1v) is 8.78. The average molecular weight is 353 g/mol. The van der Waals surface area contributed by atoms with Crippen LogP contribution in [0, 0.1) is 13.8 Å². The van der Waals surface area contributed by atoms with Gasteiger partial charge in [0, 0.05) is 5.69 Å². The summed E-state index contributed by atoms with van der Waals surface area (Å²) < 4.78 is 5.32. The molecule has 0 spiro atoms. The maximum Gasteiger partial charge on any atom is 0.338 e. The van der Waals surface area contributed by atoms with Crippen LogP contribution in [0.4, 0.5) is 5.69 Å². The molecule has 4 nitrogen and oxygen atoms in total. The molecule has 0 aliphatic rings. The number of benzene rings is 2. The Morgan fingerprint density at radius 2 is 1.62 bits per heavy atom. The Morgan fingerprint density at radius 3 is 2.19 bits per heavy atom. The highest BCUT2D eigenvalue weighted by Crippen LogP contribution is 2.22. The molecule has 0 radical (unpaired) electrons. The minimum absolute atomic E-state index is 0.0152. The number of esters is 1. The van der Waals surface area contributed by atoms with Crippen LogP contribution in [0.2, 0.25) is 0 Å². The molecule has 4 heteroatoms. The van der Waals surface area contributed by atoms with Gasteiger partial charge in [-0.1, -0.05) is 45.0 Å². The van der Waals surface area contributed by atoms with Gasteiger partial charge in [0.2, 0.25) is 0 Å². The molecule has 0 saturated carbocycles. The lowest BCUT2D eigenvalue weighted by Gasteiger charge is -2.19. The predicted octanol–water partition coefficient (Wildman–Crippen LogP) is 4.78. The van der Waals surface area contributed by atoms with E-state index >= 15 is 0 Å². The van der Waals surface area contributed by atoms with Crippen LogP contribution in [-0.4, -0.2) is 18.0 Å². The minimum atomic E-state index is -0.885. The molecule has 0 bridgehead atoms. The zero-order valence-corrected chi connectivity index (χ0v) is 16.3. The van der Waals surface area contributed by atoms with E-state index in [4.69, 9.17) is 4.74 Å². The van der Waals surface area contributed by atoms with Crippen molar-refractivity contribution >= 4 is 17.6 Å². The van der Waals surface area contributed by atoms with E-state index in [0.29, 0.717) is 5.56 Å². The lowest BCUT2D eigenvalue weighted by molar-refractivity contribution is -0.123. The summed E-state index contributed by atoms with van der Waals surface area (Å²) in [6, 6.07) is 13.0. The molecule has 0 aliphatic heterocycles.